The van der Waals surface area contributed by atoms with E-state index in [-0.39, 0.29) is 0 Å². The maximum absolute atomic E-state index is 10.5. The van der Waals surface area contributed by atoms with E-state index in [4.69, 9.17) is 11.5 Å². The van der Waals surface area contributed by atoms with E-state index >= 15 is 0 Å². The third-order valence-corrected chi connectivity index (χ3v) is 1.33. The highest BCUT2D eigenvalue weighted by molar-refractivity contribution is 5.76. The summed E-state index contributed by atoms with van der Waals surface area (Å²) in [6.07, 6.45) is 2.68. The summed E-state index contributed by atoms with van der Waals surface area (Å²) < 4.78 is 0. The Morgan fingerprint density at radius 3 is 1.92 bits per heavy atom. The molecule has 0 aromatic rings. The average Bonchev–Trinajstić information content (AvgIpc) is 1.98. The van der Waals surface area contributed by atoms with Crippen LogP contribution in [-0.2, 0) is 0 Å². The Kier molecular flexibility index (Phi) is 5.42. The predicted molar refractivity (Wildman–Crippen MR) is 48.2 cm³/mol. The van der Waals surface area contributed by atoms with Crippen LogP contribution in [0.2, 0.25) is 0 Å². The van der Waals surface area contributed by atoms with E-state index in [9.17, 15) is 9.59 Å². The van der Waals surface area contributed by atoms with E-state index in [1.54, 1.807) is 0 Å². The quantitative estimate of drug-likeness (QED) is 0.486. The molecule has 0 heterocycles. The molecule has 6 heteroatoms. The second-order valence-electron chi connectivity index (χ2n) is 2.56. The number of amides is 4. The van der Waals surface area contributed by atoms with Gasteiger partial charge in [-0.3, -0.25) is 0 Å². The van der Waals surface area contributed by atoms with Crippen molar-refractivity contribution in [2.45, 2.75) is 26.2 Å². The summed E-state index contributed by atoms with van der Waals surface area (Å²) in [5.41, 5.74) is 9.76. The molecule has 0 saturated heterocycles. The van der Waals surface area contributed by atoms with Gasteiger partial charge in [0, 0.05) is 0 Å². The number of unbranched alkanes of at least 4 members (excludes halogenated alkanes) is 1. The molecule has 0 atom stereocenters. The van der Waals surface area contributed by atoms with Crippen LogP contribution in [0.3, 0.4) is 0 Å². The molecule has 6 nitrogen and oxygen atoms in total. The normalized spacial score (nSPS) is 9.69. The van der Waals surface area contributed by atoms with Crippen LogP contribution < -0.4 is 22.1 Å². The van der Waals surface area contributed by atoms with E-state index in [0.29, 0.717) is 12.6 Å². The van der Waals surface area contributed by atoms with Gasteiger partial charge in [0.15, 0.2) is 6.17 Å². The first-order chi connectivity index (χ1) is 6.06. The minimum absolute atomic E-state index is 0.349. The van der Waals surface area contributed by atoms with Crippen molar-refractivity contribution in [2.75, 3.05) is 0 Å². The van der Waals surface area contributed by atoms with E-state index in [1.807, 2.05) is 6.92 Å². The van der Waals surface area contributed by atoms with Gasteiger partial charge in [0.25, 0.3) is 0 Å². The first kappa shape index (κ1) is 11.5. The summed E-state index contributed by atoms with van der Waals surface area (Å²) >= 11 is 0. The average molecular weight is 187 g/mol. The zero-order valence-corrected chi connectivity index (χ0v) is 7.59. The van der Waals surface area contributed by atoms with Gasteiger partial charge < -0.3 is 22.1 Å². The Morgan fingerprint density at radius 2 is 1.62 bits per heavy atom. The van der Waals surface area contributed by atoms with Crippen LogP contribution in [0.1, 0.15) is 26.2 Å². The van der Waals surface area contributed by atoms with Gasteiger partial charge in [-0.15, -0.1) is 0 Å². The van der Waals surface area contributed by atoms with Gasteiger partial charge >= 0.3 is 12.1 Å². The van der Waals surface area contributed by atoms with Crippen LogP contribution in [0.25, 0.3) is 0 Å². The van der Waals surface area contributed by atoms with Gasteiger partial charge in [0.05, 0.1) is 0 Å². The lowest BCUT2D eigenvalue weighted by Crippen LogP contribution is -2.45. The fourth-order valence-electron chi connectivity index (χ4n) is 0.807. The molecule has 0 aromatic carbocycles. The van der Waals surface area contributed by atoms with Crippen molar-refractivity contribution >= 4 is 12.1 Å². The Bertz CT molecular complexity index is 167. The Hall–Kier alpha value is -1.46. The van der Waals surface area contributed by atoms with Crippen molar-refractivity contribution in [1.29, 1.82) is 0 Å². The van der Waals surface area contributed by atoms with Crippen molar-refractivity contribution in [1.82, 2.24) is 10.6 Å². The zero-order chi connectivity index (χ0) is 10.3. The molecule has 0 fully saturated rings. The molecule has 0 spiro atoms. The summed E-state index contributed by atoms with van der Waals surface area (Å²) in [5, 5.41) is 4.58. The first-order valence-corrected chi connectivity index (χ1v) is 4.05. The minimum atomic E-state index is -0.708. The zero-order valence-electron chi connectivity index (χ0n) is 7.59. The number of primary amides is 2. The third kappa shape index (κ3) is 6.92. The minimum Gasteiger partial charge on any atom is -0.352 e. The molecule has 0 aromatic heterocycles. The molecule has 0 unspecified atom stereocenters. The summed E-state index contributed by atoms with van der Waals surface area (Å²) in [4.78, 5) is 20.9. The topological polar surface area (TPSA) is 110 Å². The lowest BCUT2D eigenvalue weighted by atomic mass is 10.2. The summed E-state index contributed by atoms with van der Waals surface area (Å²) in [7, 11) is 0. The van der Waals surface area contributed by atoms with Gasteiger partial charge in [0.2, 0.25) is 0 Å². The molecule has 0 aliphatic rings. The van der Waals surface area contributed by atoms with Crippen molar-refractivity contribution in [3.63, 3.8) is 0 Å². The SMILES string of the molecule is CCCC[C](NC(N)=O)NC(N)=O. The molecule has 4 amide bonds. The number of hydrogen-bond acceptors (Lipinski definition) is 2. The monoisotopic (exact) mass is 187 g/mol. The number of nitrogens with one attached hydrogen (secondary N) is 2. The van der Waals surface area contributed by atoms with Crippen molar-refractivity contribution in [3.8, 4) is 0 Å². The molecular formula is C7H15N4O2. The largest absolute Gasteiger partial charge is 0.352 e. The molecule has 0 aliphatic heterocycles. The lowest BCUT2D eigenvalue weighted by molar-refractivity contribution is 0.242. The highest BCUT2D eigenvalue weighted by Gasteiger charge is 2.11. The van der Waals surface area contributed by atoms with Gasteiger partial charge in [-0.2, -0.15) is 0 Å². The van der Waals surface area contributed by atoms with Crippen molar-refractivity contribution < 1.29 is 9.59 Å². The smallest absolute Gasteiger partial charge is 0.314 e. The molecule has 75 valence electrons. The number of nitrogens with two attached hydrogens (primary N) is 2. The number of hydrogen-bond donors (Lipinski definition) is 4. The second kappa shape index (κ2) is 6.10. The standard InChI is InChI=1S/C7H15N4O2/c1-2-3-4-5(10-6(8)12)11-7(9)13/h2-4H2,1H3,(H3,8,10,12)(H3,9,11,13). The van der Waals surface area contributed by atoms with Crippen LogP contribution in [0, 0.1) is 6.17 Å². The first-order valence-electron chi connectivity index (χ1n) is 4.05. The number of carbonyl (C=O) groups is 2. The Morgan fingerprint density at radius 1 is 1.15 bits per heavy atom. The highest BCUT2D eigenvalue weighted by Crippen LogP contribution is 2.03. The van der Waals surface area contributed by atoms with E-state index in [1.165, 1.54) is 0 Å². The van der Waals surface area contributed by atoms with Crippen LogP contribution in [0.4, 0.5) is 9.59 Å². The van der Waals surface area contributed by atoms with E-state index in [2.05, 4.69) is 10.6 Å². The van der Waals surface area contributed by atoms with E-state index < -0.39 is 12.1 Å². The van der Waals surface area contributed by atoms with Gasteiger partial charge in [0.1, 0.15) is 0 Å². The van der Waals surface area contributed by atoms with Crippen LogP contribution in [0.5, 0.6) is 0 Å². The molecule has 0 bridgehead atoms. The molecule has 6 N–H and O–H groups in total. The maximum atomic E-state index is 10.5. The molecule has 0 rings (SSSR count). The summed E-state index contributed by atoms with van der Waals surface area (Å²) in [6.45, 7) is 1.99. The molecule has 0 aliphatic carbocycles. The maximum Gasteiger partial charge on any atom is 0.314 e. The van der Waals surface area contributed by atoms with Gasteiger partial charge in [-0.25, -0.2) is 9.59 Å². The van der Waals surface area contributed by atoms with Crippen LogP contribution in [-0.4, -0.2) is 12.1 Å². The second-order valence-corrected chi connectivity index (χ2v) is 2.56. The van der Waals surface area contributed by atoms with E-state index in [0.717, 1.165) is 12.8 Å². The Labute approximate surface area is 77.0 Å². The molecule has 1 radical (unpaired) electrons. The number of rotatable bonds is 5. The van der Waals surface area contributed by atoms with Crippen LogP contribution in [0.15, 0.2) is 0 Å². The summed E-state index contributed by atoms with van der Waals surface area (Å²) in [5.74, 6) is 0. The number of carbonyl (C=O) groups excluding carboxylic acids is 2. The van der Waals surface area contributed by atoms with Crippen molar-refractivity contribution in [3.05, 3.63) is 6.17 Å². The predicted octanol–water partition coefficient (Wildman–Crippen LogP) is 0.00269. The fraction of sp³-hybridized carbons (Fsp3) is 0.571. The fourth-order valence-corrected chi connectivity index (χ4v) is 0.807. The highest BCUT2D eigenvalue weighted by atomic mass is 16.2. The lowest BCUT2D eigenvalue weighted by Gasteiger charge is -2.15. The number of urea groups is 2. The van der Waals surface area contributed by atoms with Crippen LogP contribution >= 0.6 is 0 Å². The molecular weight excluding hydrogens is 172 g/mol. The third-order valence-electron chi connectivity index (χ3n) is 1.33. The van der Waals surface area contributed by atoms with Gasteiger partial charge in [-0.1, -0.05) is 13.3 Å². The van der Waals surface area contributed by atoms with Gasteiger partial charge in [-0.05, 0) is 12.8 Å². The van der Waals surface area contributed by atoms with Crippen molar-refractivity contribution in [2.24, 2.45) is 11.5 Å². The summed E-state index contributed by atoms with van der Waals surface area (Å²) in [6, 6.07) is -1.42. The Balaban J connectivity index is 3.87. The molecule has 13 heavy (non-hydrogen) atoms. The molecule has 0 saturated carbocycles.